The molecule has 6 heteroatoms. The second-order valence-corrected chi connectivity index (χ2v) is 6.15. The normalized spacial score (nSPS) is 12.6. The van der Waals surface area contributed by atoms with Crippen LogP contribution in [0, 0.1) is 0 Å². The second kappa shape index (κ2) is 7.57. The van der Waals surface area contributed by atoms with Gasteiger partial charge in [0.1, 0.15) is 13.2 Å². The molecule has 2 aromatic rings. The van der Waals surface area contributed by atoms with E-state index in [0.717, 1.165) is 16.5 Å². The van der Waals surface area contributed by atoms with E-state index in [2.05, 4.69) is 21.2 Å². The van der Waals surface area contributed by atoms with E-state index in [4.69, 9.17) is 14.2 Å². The Balaban J connectivity index is 1.68. The quantitative estimate of drug-likeness (QED) is 0.849. The minimum absolute atomic E-state index is 0.169. The van der Waals surface area contributed by atoms with Crippen LogP contribution in [0.1, 0.15) is 15.9 Å². The highest BCUT2D eigenvalue weighted by atomic mass is 79.9. The summed E-state index contributed by atoms with van der Waals surface area (Å²) in [4.78, 5) is 12.4. The van der Waals surface area contributed by atoms with Gasteiger partial charge >= 0.3 is 0 Å². The van der Waals surface area contributed by atoms with E-state index in [0.29, 0.717) is 42.6 Å². The lowest BCUT2D eigenvalue weighted by molar-refractivity contribution is 0.0952. The van der Waals surface area contributed by atoms with Crippen LogP contribution < -0.4 is 19.5 Å². The molecule has 0 fully saturated rings. The van der Waals surface area contributed by atoms with Crippen molar-refractivity contribution in [2.45, 2.75) is 6.42 Å². The van der Waals surface area contributed by atoms with Crippen molar-refractivity contribution in [2.24, 2.45) is 0 Å². The number of fused-ring (bicyclic) bond motifs is 1. The molecule has 0 saturated heterocycles. The lowest BCUT2D eigenvalue weighted by atomic mass is 10.1. The van der Waals surface area contributed by atoms with Gasteiger partial charge in [-0.05, 0) is 30.2 Å². The van der Waals surface area contributed by atoms with E-state index in [-0.39, 0.29) is 5.91 Å². The summed E-state index contributed by atoms with van der Waals surface area (Å²) in [5, 5.41) is 2.92. The van der Waals surface area contributed by atoms with Crippen LogP contribution in [0.2, 0.25) is 0 Å². The number of carbonyl (C=O) groups excluding carboxylic acids is 1. The third-order valence-corrected chi connectivity index (χ3v) is 4.50. The van der Waals surface area contributed by atoms with Gasteiger partial charge in [-0.1, -0.05) is 34.1 Å². The molecule has 0 unspecified atom stereocenters. The Morgan fingerprint density at radius 1 is 1.25 bits per heavy atom. The van der Waals surface area contributed by atoms with Crippen molar-refractivity contribution in [2.75, 3.05) is 26.9 Å². The van der Waals surface area contributed by atoms with Crippen molar-refractivity contribution in [3.8, 4) is 17.2 Å². The fourth-order valence-electron chi connectivity index (χ4n) is 2.52. The first-order valence-electron chi connectivity index (χ1n) is 7.68. The maximum absolute atomic E-state index is 12.4. The van der Waals surface area contributed by atoms with Crippen molar-refractivity contribution in [1.82, 2.24) is 5.32 Å². The van der Waals surface area contributed by atoms with Crippen LogP contribution in [0.25, 0.3) is 0 Å². The number of hydrogen-bond acceptors (Lipinski definition) is 4. The monoisotopic (exact) mass is 391 g/mol. The molecule has 1 N–H and O–H groups in total. The fraction of sp³-hybridized carbons (Fsp3) is 0.278. The zero-order valence-electron chi connectivity index (χ0n) is 13.3. The van der Waals surface area contributed by atoms with Gasteiger partial charge in [-0.2, -0.15) is 0 Å². The Labute approximate surface area is 149 Å². The summed E-state index contributed by atoms with van der Waals surface area (Å²) in [6, 6.07) is 11.3. The summed E-state index contributed by atoms with van der Waals surface area (Å²) in [7, 11) is 1.54. The van der Waals surface area contributed by atoms with Crippen molar-refractivity contribution < 1.29 is 19.0 Å². The van der Waals surface area contributed by atoms with Crippen LogP contribution in [0.5, 0.6) is 17.2 Å². The van der Waals surface area contributed by atoms with Gasteiger partial charge in [-0.3, -0.25) is 4.79 Å². The lowest BCUT2D eigenvalue weighted by Crippen LogP contribution is -2.26. The van der Waals surface area contributed by atoms with Crippen LogP contribution in [0.3, 0.4) is 0 Å². The van der Waals surface area contributed by atoms with Gasteiger partial charge in [0.2, 0.25) is 5.75 Å². The first-order chi connectivity index (χ1) is 11.7. The molecule has 126 valence electrons. The second-order valence-electron chi connectivity index (χ2n) is 5.30. The molecule has 0 saturated carbocycles. The van der Waals surface area contributed by atoms with E-state index >= 15 is 0 Å². The van der Waals surface area contributed by atoms with Gasteiger partial charge in [0.25, 0.3) is 5.91 Å². The standard InChI is InChI=1S/C18H18BrNO4/c1-22-15-10-13(11-16-17(15)24-9-8-23-16)18(21)20-7-6-12-4-2-3-5-14(12)19/h2-5,10-11H,6-9H2,1H3,(H,20,21). The number of amides is 1. The third-order valence-electron chi connectivity index (χ3n) is 3.73. The van der Waals surface area contributed by atoms with E-state index in [1.165, 1.54) is 0 Å². The molecule has 1 aliphatic rings. The predicted molar refractivity (Wildman–Crippen MR) is 94.2 cm³/mol. The van der Waals surface area contributed by atoms with Crippen LogP contribution in [-0.4, -0.2) is 32.8 Å². The molecule has 24 heavy (non-hydrogen) atoms. The molecule has 0 atom stereocenters. The SMILES string of the molecule is COc1cc(C(=O)NCCc2ccccc2Br)cc2c1OCCO2. The van der Waals surface area contributed by atoms with Gasteiger partial charge in [-0.15, -0.1) is 0 Å². The molecule has 5 nitrogen and oxygen atoms in total. The highest BCUT2D eigenvalue weighted by Crippen LogP contribution is 2.40. The molecular formula is C18H18BrNO4. The number of halogens is 1. The van der Waals surface area contributed by atoms with Crippen LogP contribution in [0.4, 0.5) is 0 Å². The molecule has 1 heterocycles. The van der Waals surface area contributed by atoms with Gasteiger partial charge in [-0.25, -0.2) is 0 Å². The molecule has 1 amide bonds. The molecule has 0 aromatic heterocycles. The van der Waals surface area contributed by atoms with Gasteiger partial charge < -0.3 is 19.5 Å². The van der Waals surface area contributed by atoms with E-state index < -0.39 is 0 Å². The van der Waals surface area contributed by atoms with E-state index in [9.17, 15) is 4.79 Å². The summed E-state index contributed by atoms with van der Waals surface area (Å²) in [6.07, 6.45) is 0.745. The zero-order chi connectivity index (χ0) is 16.9. The van der Waals surface area contributed by atoms with Crippen LogP contribution in [-0.2, 0) is 6.42 Å². The largest absolute Gasteiger partial charge is 0.493 e. The maximum Gasteiger partial charge on any atom is 0.251 e. The summed E-state index contributed by atoms with van der Waals surface area (Å²) >= 11 is 3.51. The molecule has 3 rings (SSSR count). The first-order valence-corrected chi connectivity index (χ1v) is 8.47. The summed E-state index contributed by atoms with van der Waals surface area (Å²) in [6.45, 7) is 1.47. The summed E-state index contributed by atoms with van der Waals surface area (Å²) in [5.74, 6) is 1.42. The van der Waals surface area contributed by atoms with Gasteiger partial charge in [0.15, 0.2) is 11.5 Å². The Hall–Kier alpha value is -2.21. The molecule has 0 radical (unpaired) electrons. The Bertz CT molecular complexity index is 731. The van der Waals surface area contributed by atoms with Crippen molar-refractivity contribution in [1.29, 1.82) is 0 Å². The molecule has 0 bridgehead atoms. The van der Waals surface area contributed by atoms with Gasteiger partial charge in [0.05, 0.1) is 7.11 Å². The van der Waals surface area contributed by atoms with Crippen LogP contribution in [0.15, 0.2) is 40.9 Å². The molecular weight excluding hydrogens is 374 g/mol. The third kappa shape index (κ3) is 3.64. The van der Waals surface area contributed by atoms with E-state index in [1.54, 1.807) is 19.2 Å². The highest BCUT2D eigenvalue weighted by Gasteiger charge is 2.20. The van der Waals surface area contributed by atoms with Crippen molar-refractivity contribution in [3.63, 3.8) is 0 Å². The Kier molecular flexibility index (Phi) is 5.25. The predicted octanol–water partition coefficient (Wildman–Crippen LogP) is 3.20. The number of nitrogens with one attached hydrogen (secondary N) is 1. The average molecular weight is 392 g/mol. The molecule has 1 aliphatic heterocycles. The first kappa shape index (κ1) is 16.6. The van der Waals surface area contributed by atoms with Crippen molar-refractivity contribution >= 4 is 21.8 Å². The average Bonchev–Trinajstić information content (AvgIpc) is 2.62. The topological polar surface area (TPSA) is 56.8 Å². The molecule has 0 spiro atoms. The number of hydrogen-bond donors (Lipinski definition) is 1. The lowest BCUT2D eigenvalue weighted by Gasteiger charge is -2.21. The number of rotatable bonds is 5. The molecule has 2 aromatic carbocycles. The Morgan fingerprint density at radius 2 is 2.04 bits per heavy atom. The van der Waals surface area contributed by atoms with E-state index in [1.807, 2.05) is 24.3 Å². The number of carbonyl (C=O) groups is 1. The maximum atomic E-state index is 12.4. The summed E-state index contributed by atoms with van der Waals surface area (Å²) in [5.41, 5.74) is 1.64. The fourth-order valence-corrected chi connectivity index (χ4v) is 3.00. The number of benzene rings is 2. The molecule has 0 aliphatic carbocycles. The minimum Gasteiger partial charge on any atom is -0.493 e. The van der Waals surface area contributed by atoms with Crippen molar-refractivity contribution in [3.05, 3.63) is 52.0 Å². The smallest absolute Gasteiger partial charge is 0.251 e. The highest BCUT2D eigenvalue weighted by molar-refractivity contribution is 9.10. The zero-order valence-corrected chi connectivity index (χ0v) is 14.9. The number of ether oxygens (including phenoxy) is 3. The van der Waals surface area contributed by atoms with Gasteiger partial charge in [0, 0.05) is 16.6 Å². The van der Waals surface area contributed by atoms with Crippen LogP contribution >= 0.6 is 15.9 Å². The minimum atomic E-state index is -0.169. The number of methoxy groups -OCH3 is 1. The Morgan fingerprint density at radius 3 is 2.83 bits per heavy atom. The summed E-state index contributed by atoms with van der Waals surface area (Å²) < 4.78 is 17.4.